The van der Waals surface area contributed by atoms with Crippen molar-refractivity contribution in [2.45, 2.75) is 26.3 Å². The number of hydrogen-bond donors (Lipinski definition) is 1. The molecule has 0 fully saturated rings. The summed E-state index contributed by atoms with van der Waals surface area (Å²) in [6.07, 6.45) is 0. The Morgan fingerprint density at radius 3 is 2.45 bits per heavy atom. The molecular weight excluding hydrogens is 274 g/mol. The zero-order chi connectivity index (χ0) is 15.8. The van der Waals surface area contributed by atoms with Gasteiger partial charge in [-0.3, -0.25) is 0 Å². The summed E-state index contributed by atoms with van der Waals surface area (Å²) in [5.74, 6) is 1.45. The van der Waals surface area contributed by atoms with Crippen LogP contribution in [0.2, 0.25) is 0 Å². The van der Waals surface area contributed by atoms with Gasteiger partial charge in [0, 0.05) is 19.3 Å². The molecule has 0 aliphatic rings. The third kappa shape index (κ3) is 5.08. The quantitative estimate of drug-likeness (QED) is 0.731. The molecule has 0 amide bonds. The van der Waals surface area contributed by atoms with E-state index in [1.165, 1.54) is 11.1 Å². The number of hydrogen-bond acceptors (Lipinski definition) is 3. The maximum absolute atomic E-state index is 5.63. The minimum Gasteiger partial charge on any atom is -0.491 e. The molecule has 22 heavy (non-hydrogen) atoms. The van der Waals surface area contributed by atoms with E-state index in [1.54, 1.807) is 7.11 Å². The van der Waals surface area contributed by atoms with Crippen molar-refractivity contribution < 1.29 is 9.47 Å². The van der Waals surface area contributed by atoms with Crippen LogP contribution in [0, 0.1) is 0 Å². The van der Waals surface area contributed by atoms with E-state index in [9.17, 15) is 0 Å². The van der Waals surface area contributed by atoms with Gasteiger partial charge >= 0.3 is 0 Å². The average Bonchev–Trinajstić information content (AvgIpc) is 2.54. The van der Waals surface area contributed by atoms with Crippen molar-refractivity contribution in [1.29, 1.82) is 0 Å². The monoisotopic (exact) mass is 299 g/mol. The summed E-state index contributed by atoms with van der Waals surface area (Å²) in [6, 6.07) is 16.8. The molecule has 3 heteroatoms. The van der Waals surface area contributed by atoms with Gasteiger partial charge in [0.15, 0.2) is 0 Å². The van der Waals surface area contributed by atoms with Gasteiger partial charge in [-0.1, -0.05) is 38.1 Å². The first-order chi connectivity index (χ1) is 10.7. The summed E-state index contributed by atoms with van der Waals surface area (Å²) < 4.78 is 10.6. The summed E-state index contributed by atoms with van der Waals surface area (Å²) in [7, 11) is 1.67. The Kier molecular flexibility index (Phi) is 6.28. The van der Waals surface area contributed by atoms with Crippen LogP contribution in [0.15, 0.2) is 48.5 Å². The van der Waals surface area contributed by atoms with Gasteiger partial charge in [0.05, 0.1) is 6.61 Å². The predicted octanol–water partition coefficient (Wildman–Crippen LogP) is 4.45. The zero-order valence-electron chi connectivity index (χ0n) is 13.6. The fourth-order valence-electron chi connectivity index (χ4n) is 2.18. The number of rotatable bonds is 8. The Morgan fingerprint density at radius 2 is 1.77 bits per heavy atom. The topological polar surface area (TPSA) is 30.5 Å². The standard InChI is InChI=1S/C19H25NO2/c1-15(2)17-7-9-18(10-8-17)20-14-16-5-4-6-19(13-16)22-12-11-21-3/h4-10,13,15,20H,11-12,14H2,1-3H3. The van der Waals surface area contributed by atoms with Crippen molar-refractivity contribution in [3.63, 3.8) is 0 Å². The fraction of sp³-hybridized carbons (Fsp3) is 0.368. The van der Waals surface area contributed by atoms with Crippen LogP contribution in [0.25, 0.3) is 0 Å². The smallest absolute Gasteiger partial charge is 0.119 e. The van der Waals surface area contributed by atoms with Gasteiger partial charge in [0.2, 0.25) is 0 Å². The molecule has 0 radical (unpaired) electrons. The highest BCUT2D eigenvalue weighted by atomic mass is 16.5. The minimum absolute atomic E-state index is 0.565. The van der Waals surface area contributed by atoms with Crippen LogP contribution in [0.4, 0.5) is 5.69 Å². The molecule has 0 heterocycles. The lowest BCUT2D eigenvalue weighted by Crippen LogP contribution is -2.05. The van der Waals surface area contributed by atoms with E-state index in [-0.39, 0.29) is 0 Å². The molecule has 0 saturated carbocycles. The van der Waals surface area contributed by atoms with Crippen LogP contribution in [0.5, 0.6) is 5.75 Å². The third-order valence-electron chi connectivity index (χ3n) is 3.53. The molecule has 2 aromatic carbocycles. The van der Waals surface area contributed by atoms with E-state index in [1.807, 2.05) is 12.1 Å². The van der Waals surface area contributed by atoms with Crippen molar-refractivity contribution >= 4 is 5.69 Å². The molecule has 0 unspecified atom stereocenters. The Balaban J connectivity index is 1.89. The van der Waals surface area contributed by atoms with Gasteiger partial charge in [0.25, 0.3) is 0 Å². The number of benzene rings is 2. The number of nitrogens with one attached hydrogen (secondary N) is 1. The highest BCUT2D eigenvalue weighted by Crippen LogP contribution is 2.18. The van der Waals surface area contributed by atoms with Gasteiger partial charge in [-0.2, -0.15) is 0 Å². The number of ether oxygens (including phenoxy) is 2. The van der Waals surface area contributed by atoms with Crippen LogP contribution < -0.4 is 10.1 Å². The molecule has 0 aromatic heterocycles. The van der Waals surface area contributed by atoms with Gasteiger partial charge in [-0.15, -0.1) is 0 Å². The highest BCUT2D eigenvalue weighted by molar-refractivity contribution is 5.46. The molecule has 3 nitrogen and oxygen atoms in total. The first-order valence-corrected chi connectivity index (χ1v) is 7.73. The first-order valence-electron chi connectivity index (χ1n) is 7.73. The third-order valence-corrected chi connectivity index (χ3v) is 3.53. The molecule has 2 rings (SSSR count). The second-order valence-corrected chi connectivity index (χ2v) is 5.62. The van der Waals surface area contributed by atoms with E-state index in [4.69, 9.17) is 9.47 Å². The largest absolute Gasteiger partial charge is 0.491 e. The molecule has 2 aromatic rings. The van der Waals surface area contributed by atoms with E-state index >= 15 is 0 Å². The van der Waals surface area contributed by atoms with Crippen molar-refractivity contribution in [2.75, 3.05) is 25.6 Å². The molecule has 0 atom stereocenters. The second kappa shape index (κ2) is 8.44. The zero-order valence-corrected chi connectivity index (χ0v) is 13.6. The molecule has 0 spiro atoms. The molecular formula is C19H25NO2. The number of methoxy groups -OCH3 is 1. The number of anilines is 1. The Hall–Kier alpha value is -2.00. The van der Waals surface area contributed by atoms with Crippen LogP contribution in [-0.4, -0.2) is 20.3 Å². The van der Waals surface area contributed by atoms with Crippen LogP contribution in [0.1, 0.15) is 30.9 Å². The summed E-state index contributed by atoms with van der Waals surface area (Å²) >= 11 is 0. The van der Waals surface area contributed by atoms with Crippen molar-refractivity contribution in [1.82, 2.24) is 0 Å². The minimum atomic E-state index is 0.565. The molecule has 0 bridgehead atoms. The summed E-state index contributed by atoms with van der Waals surface area (Å²) in [6.45, 7) is 6.37. The maximum atomic E-state index is 5.63. The normalized spacial score (nSPS) is 10.7. The lowest BCUT2D eigenvalue weighted by atomic mass is 10.0. The van der Waals surface area contributed by atoms with E-state index in [0.29, 0.717) is 19.1 Å². The summed E-state index contributed by atoms with van der Waals surface area (Å²) in [4.78, 5) is 0. The Bertz CT molecular complexity index is 564. The lowest BCUT2D eigenvalue weighted by Gasteiger charge is -2.11. The maximum Gasteiger partial charge on any atom is 0.119 e. The summed E-state index contributed by atoms with van der Waals surface area (Å²) in [5.41, 5.74) is 3.69. The molecule has 0 aliphatic carbocycles. The summed E-state index contributed by atoms with van der Waals surface area (Å²) in [5, 5.41) is 3.44. The van der Waals surface area contributed by atoms with E-state index < -0.39 is 0 Å². The molecule has 1 N–H and O–H groups in total. The highest BCUT2D eigenvalue weighted by Gasteiger charge is 2.00. The van der Waals surface area contributed by atoms with Gasteiger partial charge in [-0.25, -0.2) is 0 Å². The van der Waals surface area contributed by atoms with Gasteiger partial charge < -0.3 is 14.8 Å². The fourth-order valence-corrected chi connectivity index (χ4v) is 2.18. The average molecular weight is 299 g/mol. The lowest BCUT2D eigenvalue weighted by molar-refractivity contribution is 0.146. The molecule has 0 saturated heterocycles. The Morgan fingerprint density at radius 1 is 1.00 bits per heavy atom. The van der Waals surface area contributed by atoms with Crippen molar-refractivity contribution in [3.05, 3.63) is 59.7 Å². The van der Waals surface area contributed by atoms with Crippen LogP contribution in [0.3, 0.4) is 0 Å². The van der Waals surface area contributed by atoms with Crippen molar-refractivity contribution in [3.8, 4) is 5.75 Å². The first kappa shape index (κ1) is 16.4. The SMILES string of the molecule is COCCOc1cccc(CNc2ccc(C(C)C)cc2)c1. The van der Waals surface area contributed by atoms with Crippen LogP contribution in [-0.2, 0) is 11.3 Å². The predicted molar refractivity (Wildman–Crippen MR) is 91.7 cm³/mol. The van der Waals surface area contributed by atoms with E-state index in [0.717, 1.165) is 18.0 Å². The molecule has 0 aliphatic heterocycles. The van der Waals surface area contributed by atoms with E-state index in [2.05, 4.69) is 55.6 Å². The van der Waals surface area contributed by atoms with Crippen LogP contribution >= 0.6 is 0 Å². The van der Waals surface area contributed by atoms with Gasteiger partial charge in [0.1, 0.15) is 12.4 Å². The molecule has 118 valence electrons. The second-order valence-electron chi connectivity index (χ2n) is 5.62. The van der Waals surface area contributed by atoms with Crippen molar-refractivity contribution in [2.24, 2.45) is 0 Å². The Labute approximate surface area is 133 Å². The van der Waals surface area contributed by atoms with Gasteiger partial charge in [-0.05, 0) is 41.3 Å².